The van der Waals surface area contributed by atoms with E-state index in [-0.39, 0.29) is 16.9 Å². The third kappa shape index (κ3) is 4.66. The van der Waals surface area contributed by atoms with Gasteiger partial charge in [-0.1, -0.05) is 42.5 Å². The molecule has 0 radical (unpaired) electrons. The van der Waals surface area contributed by atoms with E-state index in [9.17, 15) is 28.0 Å². The molecular weight excluding hydrogens is 446 g/mol. The number of fused-ring (bicyclic) bond motifs is 1. The molecule has 4 N–H and O–H groups in total. The van der Waals surface area contributed by atoms with Crippen molar-refractivity contribution in [3.8, 4) is 11.5 Å². The molecule has 0 saturated carbocycles. The number of anilines is 1. The summed E-state index contributed by atoms with van der Waals surface area (Å²) in [5, 5.41) is 32.4. The first-order chi connectivity index (χ1) is 15.7. The highest BCUT2D eigenvalue weighted by molar-refractivity contribution is 7.85. The van der Waals surface area contributed by atoms with E-state index < -0.39 is 32.4 Å². The minimum atomic E-state index is -4.52. The molecule has 33 heavy (non-hydrogen) atoms. The van der Waals surface area contributed by atoms with Crippen molar-refractivity contribution < 1.29 is 28.0 Å². The minimum absolute atomic E-state index is 0.0261. The lowest BCUT2D eigenvalue weighted by Crippen LogP contribution is -2.12. The monoisotopic (exact) mass is 463 g/mol. The molecule has 4 aromatic rings. The number of nitrogens with one attached hydrogen (secondary N) is 1. The van der Waals surface area contributed by atoms with Gasteiger partial charge in [0.05, 0.1) is 10.5 Å². The van der Waals surface area contributed by atoms with E-state index in [1.54, 1.807) is 54.6 Å². The first kappa shape index (κ1) is 21.9. The fourth-order valence-electron chi connectivity index (χ4n) is 3.19. The average molecular weight is 463 g/mol. The van der Waals surface area contributed by atoms with Gasteiger partial charge in [0.15, 0.2) is 5.75 Å². The highest BCUT2D eigenvalue weighted by Gasteiger charge is 2.20. The Bertz CT molecular complexity index is 1500. The predicted octanol–water partition coefficient (Wildman–Crippen LogP) is 5.17. The van der Waals surface area contributed by atoms with Crippen molar-refractivity contribution in [2.24, 2.45) is 10.2 Å². The molecule has 0 unspecified atom stereocenters. The van der Waals surface area contributed by atoms with Crippen LogP contribution >= 0.6 is 0 Å². The molecule has 0 aliphatic carbocycles. The number of benzene rings is 4. The zero-order chi connectivity index (χ0) is 23.6. The summed E-state index contributed by atoms with van der Waals surface area (Å²) < 4.78 is 31.9. The summed E-state index contributed by atoms with van der Waals surface area (Å²) >= 11 is 0. The molecule has 0 aliphatic rings. The second kappa shape index (κ2) is 8.69. The van der Waals surface area contributed by atoms with Gasteiger partial charge in [0.2, 0.25) is 0 Å². The Morgan fingerprint density at radius 2 is 1.48 bits per heavy atom. The van der Waals surface area contributed by atoms with E-state index in [4.69, 9.17) is 0 Å². The summed E-state index contributed by atoms with van der Waals surface area (Å²) in [5.41, 5.74) is 0.170. The molecule has 0 saturated heterocycles. The molecule has 4 aromatic carbocycles. The summed E-state index contributed by atoms with van der Waals surface area (Å²) in [6, 6.07) is 20.1. The number of nitrogens with zero attached hydrogens (tertiary/aromatic N) is 2. The number of azo groups is 1. The number of carbonyl (C=O) groups excluding carboxylic acids is 1. The second-order valence-electron chi connectivity index (χ2n) is 6.99. The van der Waals surface area contributed by atoms with E-state index in [0.717, 1.165) is 18.2 Å². The second-order valence-corrected chi connectivity index (χ2v) is 8.41. The molecule has 0 bridgehead atoms. The van der Waals surface area contributed by atoms with Gasteiger partial charge in [-0.2, -0.15) is 8.42 Å². The van der Waals surface area contributed by atoms with E-state index in [1.165, 1.54) is 6.07 Å². The molecule has 0 spiro atoms. The zero-order valence-corrected chi connectivity index (χ0v) is 17.7. The molecule has 0 aromatic heterocycles. The number of amides is 1. The van der Waals surface area contributed by atoms with Crippen LogP contribution in [0, 0.1) is 0 Å². The van der Waals surface area contributed by atoms with Gasteiger partial charge in [-0.25, -0.2) is 0 Å². The topological polar surface area (TPSA) is 149 Å². The van der Waals surface area contributed by atoms with Gasteiger partial charge in [0.25, 0.3) is 16.0 Å². The molecule has 9 nitrogen and oxygen atoms in total. The van der Waals surface area contributed by atoms with Gasteiger partial charge in [-0.15, -0.1) is 10.2 Å². The van der Waals surface area contributed by atoms with Crippen LogP contribution in [0.3, 0.4) is 0 Å². The Morgan fingerprint density at radius 1 is 0.818 bits per heavy atom. The Labute approximate surface area is 188 Å². The average Bonchev–Trinajstić information content (AvgIpc) is 2.78. The summed E-state index contributed by atoms with van der Waals surface area (Å²) in [6.45, 7) is 0. The van der Waals surface area contributed by atoms with Gasteiger partial charge in [0.1, 0.15) is 17.1 Å². The van der Waals surface area contributed by atoms with Gasteiger partial charge in [0, 0.05) is 5.69 Å². The van der Waals surface area contributed by atoms with Gasteiger partial charge < -0.3 is 15.5 Å². The van der Waals surface area contributed by atoms with Crippen LogP contribution in [0.1, 0.15) is 10.4 Å². The quantitative estimate of drug-likeness (QED) is 0.237. The molecule has 0 atom stereocenters. The maximum atomic E-state index is 13.0. The Morgan fingerprint density at radius 3 is 2.21 bits per heavy atom. The number of aromatic hydroxyl groups is 2. The first-order valence-corrected chi connectivity index (χ1v) is 11.0. The number of phenols is 2. The molecular formula is C23H17N3O6S. The molecule has 10 heteroatoms. The van der Waals surface area contributed by atoms with Crippen LogP contribution in [0.2, 0.25) is 0 Å². The molecule has 166 valence electrons. The SMILES string of the molecule is O=C(Nc1ccccc1)c1c(O)c(N=Nc2cc(S(=O)(=O)O)ccc2O)cc2ccccc12. The van der Waals surface area contributed by atoms with Crippen molar-refractivity contribution in [2.45, 2.75) is 4.90 Å². The van der Waals surface area contributed by atoms with Crippen LogP contribution in [-0.4, -0.2) is 29.1 Å². The number of hydrogen-bond donors (Lipinski definition) is 4. The first-order valence-electron chi connectivity index (χ1n) is 9.57. The highest BCUT2D eigenvalue weighted by atomic mass is 32.2. The maximum Gasteiger partial charge on any atom is 0.294 e. The molecule has 0 fully saturated rings. The van der Waals surface area contributed by atoms with E-state index >= 15 is 0 Å². The highest BCUT2D eigenvalue weighted by Crippen LogP contribution is 2.39. The van der Waals surface area contributed by atoms with Crippen molar-refractivity contribution in [3.63, 3.8) is 0 Å². The lowest BCUT2D eigenvalue weighted by Gasteiger charge is -2.12. The molecule has 0 heterocycles. The lowest BCUT2D eigenvalue weighted by atomic mass is 10.0. The third-order valence-electron chi connectivity index (χ3n) is 4.77. The fraction of sp³-hybridized carbons (Fsp3) is 0. The normalized spacial score (nSPS) is 11.7. The standard InChI is InChI=1S/C23H17N3O6S/c27-20-11-10-16(33(30,31)32)13-18(20)25-26-19-12-14-6-4-5-9-17(14)21(22(19)28)23(29)24-15-7-2-1-3-8-15/h1-13,27-28H,(H,24,29)(H,30,31,32). The Kier molecular flexibility index (Phi) is 5.78. The van der Waals surface area contributed by atoms with E-state index in [1.807, 2.05) is 0 Å². The predicted molar refractivity (Wildman–Crippen MR) is 122 cm³/mol. The lowest BCUT2D eigenvalue weighted by molar-refractivity contribution is 0.102. The number of carbonyl (C=O) groups is 1. The van der Waals surface area contributed by atoms with Gasteiger partial charge >= 0.3 is 0 Å². The number of para-hydroxylation sites is 1. The summed E-state index contributed by atoms with van der Waals surface area (Å²) in [7, 11) is -4.52. The summed E-state index contributed by atoms with van der Waals surface area (Å²) in [6.07, 6.45) is 0. The number of phenolic OH excluding ortho intramolecular Hbond substituents is 2. The van der Waals surface area contributed by atoms with E-state index in [2.05, 4.69) is 15.5 Å². The smallest absolute Gasteiger partial charge is 0.294 e. The van der Waals surface area contributed by atoms with Crippen LogP contribution in [0.5, 0.6) is 11.5 Å². The van der Waals surface area contributed by atoms with Crippen LogP contribution < -0.4 is 5.32 Å². The zero-order valence-electron chi connectivity index (χ0n) is 16.9. The Hall–Kier alpha value is -4.28. The fourth-order valence-corrected chi connectivity index (χ4v) is 3.70. The third-order valence-corrected chi connectivity index (χ3v) is 5.62. The van der Waals surface area contributed by atoms with Gasteiger partial charge in [-0.05, 0) is 47.2 Å². The number of rotatable bonds is 5. The van der Waals surface area contributed by atoms with Crippen molar-refractivity contribution in [3.05, 3.63) is 84.4 Å². The molecule has 0 aliphatic heterocycles. The van der Waals surface area contributed by atoms with Crippen molar-refractivity contribution in [2.75, 3.05) is 5.32 Å². The summed E-state index contributed by atoms with van der Waals surface area (Å²) in [4.78, 5) is 12.5. The molecule has 1 amide bonds. The van der Waals surface area contributed by atoms with Gasteiger partial charge in [-0.3, -0.25) is 9.35 Å². The largest absolute Gasteiger partial charge is 0.506 e. The maximum absolute atomic E-state index is 13.0. The molecule has 4 rings (SSSR count). The Balaban J connectivity index is 1.80. The van der Waals surface area contributed by atoms with Crippen LogP contribution in [0.4, 0.5) is 17.1 Å². The van der Waals surface area contributed by atoms with Crippen molar-refractivity contribution in [1.29, 1.82) is 0 Å². The van der Waals surface area contributed by atoms with Crippen molar-refractivity contribution in [1.82, 2.24) is 0 Å². The number of hydrogen-bond acceptors (Lipinski definition) is 7. The van der Waals surface area contributed by atoms with Crippen LogP contribution in [0.15, 0.2) is 94.0 Å². The van der Waals surface area contributed by atoms with E-state index in [0.29, 0.717) is 16.5 Å². The van der Waals surface area contributed by atoms with Crippen molar-refractivity contribution >= 4 is 43.9 Å². The minimum Gasteiger partial charge on any atom is -0.506 e. The summed E-state index contributed by atoms with van der Waals surface area (Å²) in [5.74, 6) is -1.41. The van der Waals surface area contributed by atoms with Crippen LogP contribution in [0.25, 0.3) is 10.8 Å². The van der Waals surface area contributed by atoms with Crippen LogP contribution in [-0.2, 0) is 10.1 Å².